The van der Waals surface area contributed by atoms with Crippen molar-refractivity contribution in [3.63, 3.8) is 0 Å². The van der Waals surface area contributed by atoms with E-state index in [2.05, 4.69) is 0 Å². The van der Waals surface area contributed by atoms with Crippen LogP contribution in [0.25, 0.3) is 0 Å². The van der Waals surface area contributed by atoms with E-state index in [1.807, 2.05) is 24.0 Å². The van der Waals surface area contributed by atoms with Gasteiger partial charge in [0.15, 0.2) is 0 Å². The molecular formula is C15H12ClFN2. The van der Waals surface area contributed by atoms with Crippen molar-refractivity contribution in [2.24, 2.45) is 0 Å². The van der Waals surface area contributed by atoms with Crippen molar-refractivity contribution in [2.45, 2.75) is 6.92 Å². The Morgan fingerprint density at radius 1 is 1.16 bits per heavy atom. The second-order valence-corrected chi connectivity index (χ2v) is 4.40. The third kappa shape index (κ3) is 2.86. The van der Waals surface area contributed by atoms with Crippen LogP contribution < -0.4 is 4.90 Å². The summed E-state index contributed by atoms with van der Waals surface area (Å²) < 4.78 is 12.9. The van der Waals surface area contributed by atoms with E-state index in [1.165, 1.54) is 12.1 Å². The zero-order chi connectivity index (χ0) is 13.8. The molecular weight excluding hydrogens is 263 g/mol. The van der Waals surface area contributed by atoms with Crippen molar-refractivity contribution in [3.05, 3.63) is 58.9 Å². The number of nitriles is 1. The van der Waals surface area contributed by atoms with E-state index < -0.39 is 0 Å². The molecule has 96 valence electrons. The fourth-order valence-corrected chi connectivity index (χ4v) is 2.11. The number of hydrogen-bond acceptors (Lipinski definition) is 2. The molecule has 0 atom stereocenters. The Morgan fingerprint density at radius 2 is 1.79 bits per heavy atom. The number of anilines is 2. The molecule has 0 aliphatic rings. The first-order valence-electron chi connectivity index (χ1n) is 5.88. The summed E-state index contributed by atoms with van der Waals surface area (Å²) in [4.78, 5) is 1.99. The van der Waals surface area contributed by atoms with Crippen molar-refractivity contribution < 1.29 is 4.39 Å². The van der Waals surface area contributed by atoms with Gasteiger partial charge in [-0.2, -0.15) is 5.26 Å². The molecule has 19 heavy (non-hydrogen) atoms. The minimum atomic E-state index is -0.266. The highest BCUT2D eigenvalue weighted by Gasteiger charge is 2.09. The molecule has 0 bridgehead atoms. The average Bonchev–Trinajstić information content (AvgIpc) is 2.42. The molecule has 0 aliphatic heterocycles. The maximum absolute atomic E-state index is 12.9. The zero-order valence-corrected chi connectivity index (χ0v) is 11.2. The van der Waals surface area contributed by atoms with Crippen molar-refractivity contribution >= 4 is 23.0 Å². The highest BCUT2D eigenvalue weighted by Crippen LogP contribution is 2.29. The third-order valence-electron chi connectivity index (χ3n) is 2.84. The fraction of sp³-hybridized carbons (Fsp3) is 0.133. The molecule has 0 aromatic heterocycles. The van der Waals surface area contributed by atoms with Gasteiger partial charge in [-0.1, -0.05) is 11.6 Å². The van der Waals surface area contributed by atoms with Gasteiger partial charge in [-0.25, -0.2) is 4.39 Å². The Hall–Kier alpha value is -2.05. The molecule has 0 spiro atoms. The highest BCUT2D eigenvalue weighted by molar-refractivity contribution is 6.32. The van der Waals surface area contributed by atoms with Crippen LogP contribution in [0.2, 0.25) is 5.02 Å². The lowest BCUT2D eigenvalue weighted by molar-refractivity contribution is 0.628. The SMILES string of the molecule is CCN(c1ccc(F)cc1)c1ccc(C#N)c(Cl)c1. The minimum absolute atomic E-state index is 0.266. The summed E-state index contributed by atoms with van der Waals surface area (Å²) in [5, 5.41) is 9.28. The van der Waals surface area contributed by atoms with Gasteiger partial charge in [0.25, 0.3) is 0 Å². The minimum Gasteiger partial charge on any atom is -0.342 e. The van der Waals surface area contributed by atoms with Gasteiger partial charge in [0.1, 0.15) is 11.9 Å². The topological polar surface area (TPSA) is 27.0 Å². The lowest BCUT2D eigenvalue weighted by atomic mass is 10.2. The summed E-state index contributed by atoms with van der Waals surface area (Å²) in [6.07, 6.45) is 0. The van der Waals surface area contributed by atoms with Crippen LogP contribution >= 0.6 is 11.6 Å². The summed E-state index contributed by atoms with van der Waals surface area (Å²) in [5.41, 5.74) is 2.20. The summed E-state index contributed by atoms with van der Waals surface area (Å²) in [5.74, 6) is -0.266. The third-order valence-corrected chi connectivity index (χ3v) is 3.15. The second kappa shape index (κ2) is 5.73. The Labute approximate surface area is 116 Å². The molecule has 0 aliphatic carbocycles. The Bertz CT molecular complexity index is 617. The number of halogens is 2. The molecule has 0 amide bonds. The summed E-state index contributed by atoms with van der Waals surface area (Å²) >= 11 is 6.03. The monoisotopic (exact) mass is 274 g/mol. The van der Waals surface area contributed by atoms with E-state index in [1.54, 1.807) is 24.3 Å². The zero-order valence-electron chi connectivity index (χ0n) is 10.4. The molecule has 2 nitrogen and oxygen atoms in total. The maximum atomic E-state index is 12.9. The van der Waals surface area contributed by atoms with E-state index in [0.717, 1.165) is 11.4 Å². The van der Waals surface area contributed by atoms with Gasteiger partial charge in [0.2, 0.25) is 0 Å². The van der Waals surface area contributed by atoms with Gasteiger partial charge in [-0.15, -0.1) is 0 Å². The van der Waals surface area contributed by atoms with Gasteiger partial charge < -0.3 is 4.90 Å². The van der Waals surface area contributed by atoms with Crippen LogP contribution in [0, 0.1) is 17.1 Å². The Kier molecular flexibility index (Phi) is 4.03. The van der Waals surface area contributed by atoms with Crippen molar-refractivity contribution in [1.29, 1.82) is 5.26 Å². The highest BCUT2D eigenvalue weighted by atomic mass is 35.5. The van der Waals surface area contributed by atoms with Crippen LogP contribution in [0.15, 0.2) is 42.5 Å². The maximum Gasteiger partial charge on any atom is 0.123 e. The van der Waals surface area contributed by atoms with Crippen LogP contribution in [0.1, 0.15) is 12.5 Å². The Morgan fingerprint density at radius 3 is 2.32 bits per heavy atom. The summed E-state index contributed by atoms with van der Waals surface area (Å²) in [6.45, 7) is 2.71. The fourth-order valence-electron chi connectivity index (χ4n) is 1.90. The molecule has 0 fully saturated rings. The lowest BCUT2D eigenvalue weighted by Crippen LogP contribution is -2.15. The first-order valence-corrected chi connectivity index (χ1v) is 6.26. The predicted molar refractivity (Wildman–Crippen MR) is 75.2 cm³/mol. The predicted octanol–water partition coefficient (Wildman–Crippen LogP) is 4.51. The van der Waals surface area contributed by atoms with Gasteiger partial charge in [0.05, 0.1) is 10.6 Å². The molecule has 0 saturated heterocycles. The van der Waals surface area contributed by atoms with Gasteiger partial charge in [-0.05, 0) is 49.4 Å². The van der Waals surface area contributed by atoms with Crippen LogP contribution in [-0.4, -0.2) is 6.54 Å². The molecule has 0 saturated carbocycles. The normalized spacial score (nSPS) is 10.0. The van der Waals surface area contributed by atoms with E-state index >= 15 is 0 Å². The van der Waals surface area contributed by atoms with Gasteiger partial charge in [-0.3, -0.25) is 0 Å². The van der Waals surface area contributed by atoms with E-state index in [0.29, 0.717) is 17.1 Å². The molecule has 0 heterocycles. The smallest absolute Gasteiger partial charge is 0.123 e. The quantitative estimate of drug-likeness (QED) is 0.823. The Balaban J connectivity index is 2.40. The van der Waals surface area contributed by atoms with E-state index in [-0.39, 0.29) is 5.82 Å². The molecule has 0 unspecified atom stereocenters. The standard InChI is InChI=1S/C15H12ClFN2/c1-2-19(13-7-4-12(17)5-8-13)14-6-3-11(10-18)15(16)9-14/h3-9H,2H2,1H3. The van der Waals surface area contributed by atoms with Crippen molar-refractivity contribution in [3.8, 4) is 6.07 Å². The van der Waals surface area contributed by atoms with E-state index in [9.17, 15) is 4.39 Å². The number of nitrogens with zero attached hydrogens (tertiary/aromatic N) is 2. The summed E-state index contributed by atoms with van der Waals surface area (Å²) in [6, 6.07) is 13.6. The van der Waals surface area contributed by atoms with Crippen LogP contribution in [-0.2, 0) is 0 Å². The first kappa shape index (κ1) is 13.4. The molecule has 2 rings (SSSR count). The molecule has 0 N–H and O–H groups in total. The van der Waals surface area contributed by atoms with Crippen molar-refractivity contribution in [1.82, 2.24) is 0 Å². The lowest BCUT2D eigenvalue weighted by Gasteiger charge is -2.23. The molecule has 0 radical (unpaired) electrons. The van der Waals surface area contributed by atoms with Crippen molar-refractivity contribution in [2.75, 3.05) is 11.4 Å². The molecule has 4 heteroatoms. The number of hydrogen-bond donors (Lipinski definition) is 0. The second-order valence-electron chi connectivity index (χ2n) is 4.00. The number of benzene rings is 2. The molecule has 2 aromatic carbocycles. The first-order chi connectivity index (χ1) is 9.15. The molecule has 2 aromatic rings. The van der Waals surface area contributed by atoms with Crippen LogP contribution in [0.3, 0.4) is 0 Å². The average molecular weight is 275 g/mol. The van der Waals surface area contributed by atoms with Gasteiger partial charge >= 0.3 is 0 Å². The van der Waals surface area contributed by atoms with Crippen LogP contribution in [0.5, 0.6) is 0 Å². The number of rotatable bonds is 3. The van der Waals surface area contributed by atoms with Crippen LogP contribution in [0.4, 0.5) is 15.8 Å². The summed E-state index contributed by atoms with van der Waals surface area (Å²) in [7, 11) is 0. The van der Waals surface area contributed by atoms with E-state index in [4.69, 9.17) is 16.9 Å². The van der Waals surface area contributed by atoms with Gasteiger partial charge in [0, 0.05) is 17.9 Å². The largest absolute Gasteiger partial charge is 0.342 e.